The Balaban J connectivity index is 1.44. The molecule has 0 saturated carbocycles. The van der Waals surface area contributed by atoms with Crippen LogP contribution in [0.4, 0.5) is 5.69 Å². The molecular formula is C23H24N4O3S. The van der Waals surface area contributed by atoms with Crippen LogP contribution < -0.4 is 10.5 Å². The third-order valence-electron chi connectivity index (χ3n) is 5.81. The number of aryl methyl sites for hydroxylation is 2. The van der Waals surface area contributed by atoms with Crippen LogP contribution in [0.2, 0.25) is 0 Å². The molecule has 1 aliphatic heterocycles. The molecular weight excluding hydrogens is 412 g/mol. The Kier molecular flexibility index (Phi) is 5.13. The average Bonchev–Trinajstić information content (AvgIpc) is 2.78. The van der Waals surface area contributed by atoms with Gasteiger partial charge in [0.2, 0.25) is 0 Å². The molecule has 31 heavy (non-hydrogen) atoms. The minimum absolute atomic E-state index is 0.133. The minimum Gasteiger partial charge on any atom is -0.368 e. The van der Waals surface area contributed by atoms with Crippen LogP contribution in [0.5, 0.6) is 0 Å². The summed E-state index contributed by atoms with van der Waals surface area (Å²) in [6, 6.07) is 17.7. The highest BCUT2D eigenvalue weighted by Gasteiger charge is 2.24. The summed E-state index contributed by atoms with van der Waals surface area (Å²) in [7, 11) is -2.49. The van der Waals surface area contributed by atoms with Gasteiger partial charge in [0.1, 0.15) is 0 Å². The molecule has 2 aromatic carbocycles. The van der Waals surface area contributed by atoms with Gasteiger partial charge < -0.3 is 4.90 Å². The fraction of sp³-hybridized carbons (Fsp3) is 0.261. The van der Waals surface area contributed by atoms with Gasteiger partial charge in [0.25, 0.3) is 5.56 Å². The van der Waals surface area contributed by atoms with Crippen molar-refractivity contribution in [2.45, 2.75) is 13.0 Å². The monoisotopic (exact) mass is 436 g/mol. The lowest BCUT2D eigenvalue weighted by molar-refractivity contribution is 0.479. The highest BCUT2D eigenvalue weighted by Crippen LogP contribution is 2.41. The Morgan fingerprint density at radius 1 is 0.935 bits per heavy atom. The van der Waals surface area contributed by atoms with Gasteiger partial charge in [0, 0.05) is 36.0 Å². The molecule has 3 heterocycles. The summed E-state index contributed by atoms with van der Waals surface area (Å²) in [5.74, 6) is 0.659. The summed E-state index contributed by atoms with van der Waals surface area (Å²) >= 11 is 0. The van der Waals surface area contributed by atoms with Crippen molar-refractivity contribution in [3.05, 3.63) is 76.8 Å². The number of pyridine rings is 1. The third-order valence-corrected chi connectivity index (χ3v) is 7.48. The lowest BCUT2D eigenvalue weighted by Gasteiger charge is -2.42. The molecule has 5 rings (SSSR count). The first-order valence-corrected chi connectivity index (χ1v) is 12.2. The summed E-state index contributed by atoms with van der Waals surface area (Å²) in [4.78, 5) is 20.1. The Labute approximate surface area is 181 Å². The normalized spacial score (nSPS) is 17.2. The maximum absolute atomic E-state index is 13.3. The summed E-state index contributed by atoms with van der Waals surface area (Å²) in [5.41, 5.74) is 2.56. The van der Waals surface area contributed by atoms with Gasteiger partial charge in [-0.25, -0.2) is 4.68 Å². The van der Waals surface area contributed by atoms with Gasteiger partial charge in [-0.05, 0) is 18.2 Å². The number of fused-ring (bicyclic) bond motifs is 2. The van der Waals surface area contributed by atoms with E-state index in [1.165, 1.54) is 4.68 Å². The van der Waals surface area contributed by atoms with E-state index in [1.54, 1.807) is 6.20 Å². The summed E-state index contributed by atoms with van der Waals surface area (Å²) in [6.45, 7) is 1.48. The van der Waals surface area contributed by atoms with Crippen molar-refractivity contribution in [2.24, 2.45) is 0 Å². The van der Waals surface area contributed by atoms with E-state index in [1.807, 2.05) is 54.6 Å². The van der Waals surface area contributed by atoms with E-state index >= 15 is 0 Å². The zero-order chi connectivity index (χ0) is 21.4. The van der Waals surface area contributed by atoms with Crippen LogP contribution in [0, 0.1) is 0 Å². The Morgan fingerprint density at radius 3 is 2.55 bits per heavy atom. The van der Waals surface area contributed by atoms with Crippen molar-refractivity contribution >= 4 is 38.0 Å². The number of nitrogens with zero attached hydrogens (tertiary/aromatic N) is 4. The molecule has 4 aromatic rings. The first-order valence-electron chi connectivity index (χ1n) is 10.3. The zero-order valence-corrected chi connectivity index (χ0v) is 17.8. The second kappa shape index (κ2) is 7.96. The van der Waals surface area contributed by atoms with Gasteiger partial charge in [0.05, 0.1) is 40.8 Å². The fourth-order valence-electron chi connectivity index (χ4n) is 4.07. The Hall–Kier alpha value is -2.94. The molecule has 1 aliphatic rings. The van der Waals surface area contributed by atoms with Crippen LogP contribution in [-0.2, 0) is 13.0 Å². The van der Waals surface area contributed by atoms with Crippen LogP contribution in [0.15, 0.2) is 65.6 Å². The number of hydrogen-bond acceptors (Lipinski definition) is 6. The van der Waals surface area contributed by atoms with Crippen molar-refractivity contribution in [3.63, 3.8) is 0 Å². The number of anilines is 1. The van der Waals surface area contributed by atoms with Gasteiger partial charge in [-0.2, -0.15) is 15.7 Å². The third kappa shape index (κ3) is 4.01. The topological polar surface area (TPSA) is 91.5 Å². The fourth-order valence-corrected chi connectivity index (χ4v) is 5.30. The van der Waals surface area contributed by atoms with Gasteiger partial charge in [0.15, 0.2) is 0 Å². The SMILES string of the molecule is O=c1c2c(N3CCS(O)(O)CC3)cccc2cnn1CCc1ccc2ccccc2n1. The molecule has 0 spiro atoms. The van der Waals surface area contributed by atoms with E-state index in [0.29, 0.717) is 42.9 Å². The Bertz CT molecular complexity index is 1310. The van der Waals surface area contributed by atoms with Crippen LogP contribution in [0.1, 0.15) is 5.69 Å². The number of hydrogen-bond donors (Lipinski definition) is 2. The molecule has 8 heteroatoms. The number of benzene rings is 2. The molecule has 7 nitrogen and oxygen atoms in total. The molecule has 2 N–H and O–H groups in total. The number of rotatable bonds is 4. The molecule has 2 aromatic heterocycles. The maximum Gasteiger partial charge on any atom is 0.276 e. The van der Waals surface area contributed by atoms with E-state index in [-0.39, 0.29) is 5.56 Å². The molecule has 0 atom stereocenters. The van der Waals surface area contributed by atoms with Gasteiger partial charge >= 0.3 is 0 Å². The van der Waals surface area contributed by atoms with Crippen LogP contribution >= 0.6 is 10.6 Å². The van der Waals surface area contributed by atoms with Crippen molar-refractivity contribution in [2.75, 3.05) is 29.5 Å². The standard InChI is InChI=1S/C23H24N4O3S/c28-23-22-18(5-3-7-21(22)26-12-14-31(29,30)15-13-26)16-24-27(23)11-10-19-9-8-17-4-1-2-6-20(17)25-19/h1-9,16,29-30H,10-15H2. The zero-order valence-electron chi connectivity index (χ0n) is 17.0. The van der Waals surface area contributed by atoms with Crippen LogP contribution in [0.3, 0.4) is 0 Å². The van der Waals surface area contributed by atoms with Crippen molar-refractivity contribution in [3.8, 4) is 0 Å². The molecule has 0 unspecified atom stereocenters. The summed E-state index contributed by atoms with van der Waals surface area (Å²) < 4.78 is 21.4. The van der Waals surface area contributed by atoms with Crippen molar-refractivity contribution in [1.82, 2.24) is 14.8 Å². The maximum atomic E-state index is 13.3. The van der Waals surface area contributed by atoms with Gasteiger partial charge in [-0.15, -0.1) is 0 Å². The molecule has 1 saturated heterocycles. The van der Waals surface area contributed by atoms with E-state index < -0.39 is 10.6 Å². The molecule has 0 bridgehead atoms. The first-order chi connectivity index (χ1) is 15.0. The second-order valence-corrected chi connectivity index (χ2v) is 10.3. The molecule has 0 aliphatic carbocycles. The lowest BCUT2D eigenvalue weighted by atomic mass is 10.1. The molecule has 0 radical (unpaired) electrons. The lowest BCUT2D eigenvalue weighted by Crippen LogP contribution is -2.39. The average molecular weight is 437 g/mol. The van der Waals surface area contributed by atoms with Gasteiger partial charge in [-0.3, -0.25) is 18.9 Å². The second-order valence-electron chi connectivity index (χ2n) is 7.86. The number of aromatic nitrogens is 3. The molecule has 1 fully saturated rings. The molecule has 160 valence electrons. The predicted octanol–water partition coefficient (Wildman–Crippen LogP) is 3.76. The molecule has 0 amide bonds. The van der Waals surface area contributed by atoms with E-state index in [9.17, 15) is 13.9 Å². The highest BCUT2D eigenvalue weighted by molar-refractivity contribution is 8.24. The highest BCUT2D eigenvalue weighted by atomic mass is 32.3. The van der Waals surface area contributed by atoms with Crippen LogP contribution in [0.25, 0.3) is 21.7 Å². The van der Waals surface area contributed by atoms with E-state index in [4.69, 9.17) is 4.98 Å². The smallest absolute Gasteiger partial charge is 0.276 e. The summed E-state index contributed by atoms with van der Waals surface area (Å²) in [5, 5.41) is 6.89. The minimum atomic E-state index is -2.49. The Morgan fingerprint density at radius 2 is 1.71 bits per heavy atom. The largest absolute Gasteiger partial charge is 0.368 e. The van der Waals surface area contributed by atoms with E-state index in [0.717, 1.165) is 27.7 Å². The summed E-state index contributed by atoms with van der Waals surface area (Å²) in [6.07, 6.45) is 2.33. The van der Waals surface area contributed by atoms with Gasteiger partial charge in [-0.1, -0.05) is 36.4 Å². The van der Waals surface area contributed by atoms with Crippen LogP contribution in [-0.4, -0.2) is 48.5 Å². The van der Waals surface area contributed by atoms with E-state index in [2.05, 4.69) is 10.00 Å². The predicted molar refractivity (Wildman–Crippen MR) is 126 cm³/mol. The quantitative estimate of drug-likeness (QED) is 0.506. The number of para-hydroxylation sites is 1. The van der Waals surface area contributed by atoms with Crippen molar-refractivity contribution < 1.29 is 9.11 Å². The van der Waals surface area contributed by atoms with Crippen molar-refractivity contribution in [1.29, 1.82) is 0 Å². The first kappa shape index (κ1) is 20.0.